The van der Waals surface area contributed by atoms with Gasteiger partial charge in [0, 0.05) is 17.2 Å². The number of rotatable bonds is 2. The molecule has 1 amide bonds. The van der Waals surface area contributed by atoms with Crippen LogP contribution in [0.3, 0.4) is 0 Å². The molecule has 1 heterocycles. The fraction of sp³-hybridized carbons (Fsp3) is 0.200. The lowest BCUT2D eigenvalue weighted by Crippen LogP contribution is -2.13. The van der Waals surface area contributed by atoms with E-state index < -0.39 is 0 Å². The van der Waals surface area contributed by atoms with E-state index in [0.29, 0.717) is 17.1 Å². The van der Waals surface area contributed by atoms with E-state index in [2.05, 4.69) is 22.3 Å². The molecule has 20 heavy (non-hydrogen) atoms. The fourth-order valence-corrected chi connectivity index (χ4v) is 1.77. The van der Waals surface area contributed by atoms with Crippen molar-refractivity contribution in [1.82, 2.24) is 5.16 Å². The number of nitrogens with two attached hydrogens (primary N) is 1. The average Bonchev–Trinajstić information content (AvgIpc) is 2.83. The van der Waals surface area contributed by atoms with E-state index in [4.69, 9.17) is 10.3 Å². The number of aryl methyl sites for hydroxylation is 1. The van der Waals surface area contributed by atoms with Crippen LogP contribution in [0.4, 0.5) is 5.88 Å². The summed E-state index contributed by atoms with van der Waals surface area (Å²) in [6.07, 6.45) is 0. The summed E-state index contributed by atoms with van der Waals surface area (Å²) in [4.78, 5) is 12.2. The third kappa shape index (κ3) is 3.05. The Hall–Kier alpha value is -2.58. The van der Waals surface area contributed by atoms with Gasteiger partial charge in [0.15, 0.2) is 0 Å². The Morgan fingerprint density at radius 2 is 2.25 bits per heavy atom. The summed E-state index contributed by atoms with van der Waals surface area (Å²) >= 11 is 0. The minimum Gasteiger partial charge on any atom is -0.338 e. The lowest BCUT2D eigenvalue weighted by Gasteiger charge is -2.06. The summed E-state index contributed by atoms with van der Waals surface area (Å²) in [5.74, 6) is 5.80. The summed E-state index contributed by atoms with van der Waals surface area (Å²) in [5, 5.41) is 6.38. The second kappa shape index (κ2) is 6.04. The van der Waals surface area contributed by atoms with Crippen LogP contribution in [0, 0.1) is 25.7 Å². The van der Waals surface area contributed by atoms with Gasteiger partial charge in [0.25, 0.3) is 5.91 Å². The first-order chi connectivity index (χ1) is 9.61. The molecule has 0 saturated carbocycles. The molecule has 0 aliphatic carbocycles. The predicted octanol–water partition coefficient (Wildman–Crippen LogP) is 1.85. The first-order valence-electron chi connectivity index (χ1n) is 6.15. The van der Waals surface area contributed by atoms with Crippen molar-refractivity contribution in [2.45, 2.75) is 13.8 Å². The third-order valence-corrected chi connectivity index (χ3v) is 2.77. The first kappa shape index (κ1) is 13.8. The Morgan fingerprint density at radius 3 is 2.90 bits per heavy atom. The first-order valence-corrected chi connectivity index (χ1v) is 6.15. The molecule has 0 saturated heterocycles. The highest BCUT2D eigenvalue weighted by molar-refractivity contribution is 6.04. The van der Waals surface area contributed by atoms with Gasteiger partial charge >= 0.3 is 0 Å². The van der Waals surface area contributed by atoms with Crippen molar-refractivity contribution in [3.05, 3.63) is 46.6 Å². The van der Waals surface area contributed by atoms with E-state index in [1.54, 1.807) is 25.1 Å². The number of hydrogen-bond acceptors (Lipinski definition) is 4. The summed E-state index contributed by atoms with van der Waals surface area (Å²) in [5.41, 5.74) is 8.21. The number of hydrogen-bond donors (Lipinski definition) is 2. The van der Waals surface area contributed by atoms with Gasteiger partial charge in [-0.1, -0.05) is 23.1 Å². The predicted molar refractivity (Wildman–Crippen MR) is 76.3 cm³/mol. The quantitative estimate of drug-likeness (QED) is 0.815. The molecule has 2 aromatic rings. The molecular weight excluding hydrogens is 254 g/mol. The van der Waals surface area contributed by atoms with Crippen LogP contribution in [0.2, 0.25) is 0 Å². The smallest absolute Gasteiger partial charge is 0.258 e. The van der Waals surface area contributed by atoms with E-state index in [1.807, 2.05) is 13.0 Å². The summed E-state index contributed by atoms with van der Waals surface area (Å²) in [6, 6.07) is 7.04. The van der Waals surface area contributed by atoms with Crippen molar-refractivity contribution in [2.75, 3.05) is 11.9 Å². The summed E-state index contributed by atoms with van der Waals surface area (Å²) in [6.45, 7) is 3.92. The van der Waals surface area contributed by atoms with Gasteiger partial charge in [0.05, 0.1) is 12.2 Å². The minimum absolute atomic E-state index is 0.255. The molecule has 0 aliphatic heterocycles. The summed E-state index contributed by atoms with van der Waals surface area (Å²) < 4.78 is 4.96. The van der Waals surface area contributed by atoms with Crippen LogP contribution < -0.4 is 11.1 Å². The Balaban J connectivity index is 2.26. The van der Waals surface area contributed by atoms with E-state index in [0.717, 1.165) is 11.1 Å². The number of nitrogens with one attached hydrogen (secondary N) is 1. The Kier molecular flexibility index (Phi) is 4.18. The SMILES string of the molecule is Cc1cc(NC(=O)c2cccc(C#CCN)c2C)on1. The molecule has 2 rings (SSSR count). The maximum atomic E-state index is 12.2. The molecule has 1 aromatic carbocycles. The zero-order chi connectivity index (χ0) is 14.5. The van der Waals surface area contributed by atoms with Gasteiger partial charge < -0.3 is 10.3 Å². The maximum Gasteiger partial charge on any atom is 0.258 e. The highest BCUT2D eigenvalue weighted by Crippen LogP contribution is 2.16. The molecule has 5 heteroatoms. The number of amides is 1. The van der Waals surface area contributed by atoms with Gasteiger partial charge in [-0.2, -0.15) is 0 Å². The topological polar surface area (TPSA) is 81.2 Å². The summed E-state index contributed by atoms with van der Waals surface area (Å²) in [7, 11) is 0. The molecular formula is C15H15N3O2. The van der Waals surface area contributed by atoms with Crippen LogP contribution in [0.5, 0.6) is 0 Å². The van der Waals surface area contributed by atoms with Gasteiger partial charge in [-0.15, -0.1) is 0 Å². The van der Waals surface area contributed by atoms with E-state index in [9.17, 15) is 4.79 Å². The molecule has 0 bridgehead atoms. The van der Waals surface area contributed by atoms with Crippen LogP contribution in [-0.4, -0.2) is 17.6 Å². The van der Waals surface area contributed by atoms with Crippen molar-refractivity contribution in [3.8, 4) is 11.8 Å². The Bertz CT molecular complexity index is 693. The zero-order valence-electron chi connectivity index (χ0n) is 11.4. The Morgan fingerprint density at radius 1 is 1.45 bits per heavy atom. The molecule has 0 atom stereocenters. The van der Waals surface area contributed by atoms with Crippen molar-refractivity contribution >= 4 is 11.8 Å². The van der Waals surface area contributed by atoms with Crippen LogP contribution in [0.15, 0.2) is 28.8 Å². The van der Waals surface area contributed by atoms with Crippen LogP contribution in [0.25, 0.3) is 0 Å². The molecule has 102 valence electrons. The monoisotopic (exact) mass is 269 g/mol. The molecule has 0 spiro atoms. The molecule has 5 nitrogen and oxygen atoms in total. The van der Waals surface area contributed by atoms with Crippen molar-refractivity contribution < 1.29 is 9.32 Å². The van der Waals surface area contributed by atoms with Crippen LogP contribution >= 0.6 is 0 Å². The number of benzene rings is 1. The van der Waals surface area contributed by atoms with Crippen LogP contribution in [-0.2, 0) is 0 Å². The largest absolute Gasteiger partial charge is 0.338 e. The molecule has 3 N–H and O–H groups in total. The lowest BCUT2D eigenvalue weighted by atomic mass is 10.0. The van der Waals surface area contributed by atoms with Gasteiger partial charge in [-0.3, -0.25) is 10.1 Å². The normalized spacial score (nSPS) is 9.75. The standard InChI is InChI=1S/C15H15N3O2/c1-10-9-14(20-18-10)17-15(19)13-7-3-5-12(11(13)2)6-4-8-16/h3,5,7,9H,8,16H2,1-2H3,(H,17,19). The number of anilines is 1. The molecule has 1 aromatic heterocycles. The molecule has 0 aliphatic rings. The van der Waals surface area contributed by atoms with Crippen molar-refractivity contribution in [3.63, 3.8) is 0 Å². The van der Waals surface area contributed by atoms with Gasteiger partial charge in [-0.25, -0.2) is 0 Å². The third-order valence-electron chi connectivity index (χ3n) is 2.77. The second-order valence-electron chi connectivity index (χ2n) is 4.27. The number of nitrogens with zero attached hydrogens (tertiary/aromatic N) is 1. The zero-order valence-corrected chi connectivity index (χ0v) is 11.4. The van der Waals surface area contributed by atoms with E-state index in [-0.39, 0.29) is 12.5 Å². The highest BCUT2D eigenvalue weighted by atomic mass is 16.5. The second-order valence-corrected chi connectivity index (χ2v) is 4.27. The van der Waals surface area contributed by atoms with Crippen LogP contribution in [0.1, 0.15) is 27.2 Å². The maximum absolute atomic E-state index is 12.2. The highest BCUT2D eigenvalue weighted by Gasteiger charge is 2.13. The number of carbonyl (C=O) groups is 1. The molecule has 0 radical (unpaired) electrons. The van der Waals surface area contributed by atoms with Gasteiger partial charge in [0.1, 0.15) is 0 Å². The van der Waals surface area contributed by atoms with Gasteiger partial charge in [0.2, 0.25) is 5.88 Å². The Labute approximate surface area is 117 Å². The van der Waals surface area contributed by atoms with Crippen molar-refractivity contribution in [2.24, 2.45) is 5.73 Å². The van der Waals surface area contributed by atoms with E-state index in [1.165, 1.54) is 0 Å². The lowest BCUT2D eigenvalue weighted by molar-refractivity contribution is 0.102. The minimum atomic E-state index is -0.255. The van der Waals surface area contributed by atoms with E-state index >= 15 is 0 Å². The number of aromatic nitrogens is 1. The molecule has 0 unspecified atom stereocenters. The fourth-order valence-electron chi connectivity index (χ4n) is 1.77. The average molecular weight is 269 g/mol. The number of carbonyl (C=O) groups excluding carboxylic acids is 1. The van der Waals surface area contributed by atoms with Gasteiger partial charge in [-0.05, 0) is 31.5 Å². The molecule has 0 fully saturated rings. The van der Waals surface area contributed by atoms with Crippen molar-refractivity contribution in [1.29, 1.82) is 0 Å².